The van der Waals surface area contributed by atoms with Crippen LogP contribution < -0.4 is 10.8 Å². The second-order valence-corrected chi connectivity index (χ2v) is 9.27. The fourth-order valence-electron chi connectivity index (χ4n) is 2.51. The number of carbonyl (C=O) groups excluding carboxylic acids is 1. The first-order valence-corrected chi connectivity index (χ1v) is 11.0. The highest BCUT2D eigenvalue weighted by Gasteiger charge is 2.26. The van der Waals surface area contributed by atoms with Crippen molar-refractivity contribution in [2.24, 2.45) is 10.6 Å². The molecular weight excluding hydrogens is 558 g/mol. The molecule has 1 aromatic carbocycles. The molecule has 33 heavy (non-hydrogen) atoms. The van der Waals surface area contributed by atoms with Gasteiger partial charge in [-0.25, -0.2) is 18.7 Å². The summed E-state index contributed by atoms with van der Waals surface area (Å²) in [6.45, 7) is 2.64. The number of allylic oxidation sites excluding steroid dienone is 4. The summed E-state index contributed by atoms with van der Waals surface area (Å²) in [6, 6.07) is 0.999. The summed E-state index contributed by atoms with van der Waals surface area (Å²) in [7, 11) is 0. The van der Waals surface area contributed by atoms with E-state index in [4.69, 9.17) is 14.8 Å². The molecule has 2 rings (SSSR count). The van der Waals surface area contributed by atoms with E-state index in [2.05, 4.69) is 10.5 Å². The molecule has 0 radical (unpaired) electrons. The van der Waals surface area contributed by atoms with Crippen LogP contribution in [0.4, 0.5) is 18.9 Å². The molecule has 1 amide bonds. The lowest BCUT2D eigenvalue weighted by Crippen LogP contribution is -2.27. The minimum absolute atomic E-state index is 0.00441. The van der Waals surface area contributed by atoms with Crippen molar-refractivity contribution in [3.63, 3.8) is 0 Å². The summed E-state index contributed by atoms with van der Waals surface area (Å²) in [5, 5.41) is 24.1. The number of aliphatic hydroxyl groups excluding tert-OH is 2. The summed E-state index contributed by atoms with van der Waals surface area (Å²) in [5.74, 6) is -3.73. The maximum absolute atomic E-state index is 15.0. The highest BCUT2D eigenvalue weighted by molar-refractivity contribution is 14.1. The maximum Gasteiger partial charge on any atom is 0.277 e. The van der Waals surface area contributed by atoms with E-state index in [-0.39, 0.29) is 44.1 Å². The van der Waals surface area contributed by atoms with Crippen molar-refractivity contribution >= 4 is 40.4 Å². The second-order valence-electron chi connectivity index (χ2n) is 7.88. The van der Waals surface area contributed by atoms with Gasteiger partial charge in [-0.05, 0) is 38.3 Å². The van der Waals surface area contributed by atoms with E-state index in [1.165, 1.54) is 6.08 Å². The molecule has 1 aliphatic rings. The van der Waals surface area contributed by atoms with Gasteiger partial charge in [-0.2, -0.15) is 0 Å². The molecular formula is C21H25F3IN3O5. The number of nitrogens with one attached hydrogen (secondary N) is 2. The van der Waals surface area contributed by atoms with Crippen LogP contribution in [0.5, 0.6) is 0 Å². The van der Waals surface area contributed by atoms with E-state index in [0.29, 0.717) is 0 Å². The Morgan fingerprint density at radius 3 is 2.70 bits per heavy atom. The van der Waals surface area contributed by atoms with Gasteiger partial charge in [0.15, 0.2) is 11.6 Å². The zero-order chi connectivity index (χ0) is 24.6. The van der Waals surface area contributed by atoms with Crippen LogP contribution in [0, 0.1) is 17.0 Å². The maximum atomic E-state index is 15.0. The number of halogens is 4. The van der Waals surface area contributed by atoms with Gasteiger partial charge in [-0.15, -0.1) is 0 Å². The predicted octanol–water partition coefficient (Wildman–Crippen LogP) is 3.34. The van der Waals surface area contributed by atoms with E-state index in [9.17, 15) is 23.1 Å². The first-order valence-electron chi connectivity index (χ1n) is 9.88. The van der Waals surface area contributed by atoms with Gasteiger partial charge < -0.3 is 20.4 Å². The summed E-state index contributed by atoms with van der Waals surface area (Å²) < 4.78 is 44.9. The fraction of sp³-hybridized carbons (Fsp3) is 0.429. The molecule has 4 N–H and O–H groups in total. The molecule has 1 atom stereocenters. The minimum atomic E-state index is -1.50. The molecule has 0 bridgehead atoms. The molecule has 0 saturated heterocycles. The van der Waals surface area contributed by atoms with Crippen molar-refractivity contribution in [1.82, 2.24) is 5.48 Å². The van der Waals surface area contributed by atoms with Crippen molar-refractivity contribution in [3.05, 3.63) is 50.3 Å². The highest BCUT2D eigenvalue weighted by atomic mass is 127. The van der Waals surface area contributed by atoms with Gasteiger partial charge in [0.2, 0.25) is 0 Å². The fourth-order valence-corrected chi connectivity index (χ4v) is 3.07. The number of nitrogens with zero attached hydrogens (tertiary/aromatic N) is 1. The molecule has 0 spiro atoms. The van der Waals surface area contributed by atoms with Crippen LogP contribution in [-0.2, 0) is 9.68 Å². The smallest absolute Gasteiger partial charge is 0.277 e. The number of amides is 1. The van der Waals surface area contributed by atoms with Gasteiger partial charge in [-0.1, -0.05) is 25.1 Å². The first kappa shape index (κ1) is 27.1. The number of aliphatic hydroxyl groups is 2. The van der Waals surface area contributed by atoms with Crippen molar-refractivity contribution < 1.29 is 37.9 Å². The summed E-state index contributed by atoms with van der Waals surface area (Å²) >= 11 is 1.96. The quantitative estimate of drug-likeness (QED) is 0.138. The third-order valence-corrected chi connectivity index (χ3v) is 5.21. The SMILES string of the molecule is CC(C)(CO)CO/N=C/c1cc(C(=O)NOCCO)c(NC2=CC=C(I)CC2F)c(F)c1F. The Balaban J connectivity index is 2.39. The molecule has 1 aromatic rings. The molecule has 0 aromatic heterocycles. The van der Waals surface area contributed by atoms with E-state index in [1.807, 2.05) is 28.1 Å². The van der Waals surface area contributed by atoms with Crippen LogP contribution in [0.2, 0.25) is 0 Å². The van der Waals surface area contributed by atoms with Crippen molar-refractivity contribution in [2.45, 2.75) is 26.4 Å². The van der Waals surface area contributed by atoms with Gasteiger partial charge in [0.25, 0.3) is 5.91 Å². The van der Waals surface area contributed by atoms with E-state index >= 15 is 0 Å². The topological polar surface area (TPSA) is 112 Å². The van der Waals surface area contributed by atoms with Gasteiger partial charge in [0.05, 0.1) is 43.0 Å². The molecule has 182 valence electrons. The number of alkyl halides is 1. The third kappa shape index (κ3) is 7.69. The van der Waals surface area contributed by atoms with E-state index < -0.39 is 40.4 Å². The number of anilines is 1. The van der Waals surface area contributed by atoms with Crippen molar-refractivity contribution in [2.75, 3.05) is 31.7 Å². The third-order valence-electron chi connectivity index (χ3n) is 4.41. The molecule has 8 nitrogen and oxygen atoms in total. The van der Waals surface area contributed by atoms with Gasteiger partial charge in [0.1, 0.15) is 12.8 Å². The Hall–Kier alpha value is -2.16. The van der Waals surface area contributed by atoms with Gasteiger partial charge in [-0.3, -0.25) is 9.63 Å². The lowest BCUT2D eigenvalue weighted by atomic mass is 9.97. The Kier molecular flexibility index (Phi) is 10.1. The normalized spacial score (nSPS) is 16.4. The summed E-state index contributed by atoms with van der Waals surface area (Å²) in [5.41, 5.74) is -0.0249. The van der Waals surface area contributed by atoms with Crippen molar-refractivity contribution in [3.8, 4) is 0 Å². The number of benzene rings is 1. The Bertz CT molecular complexity index is 954. The average Bonchev–Trinajstić information content (AvgIpc) is 2.77. The van der Waals surface area contributed by atoms with Crippen LogP contribution in [0.3, 0.4) is 0 Å². The lowest BCUT2D eigenvalue weighted by Gasteiger charge is -2.21. The first-order chi connectivity index (χ1) is 15.6. The van der Waals surface area contributed by atoms with Gasteiger partial charge in [0, 0.05) is 17.4 Å². The molecule has 0 heterocycles. The molecule has 0 saturated carbocycles. The largest absolute Gasteiger partial charge is 0.396 e. The number of carbonyl (C=O) groups is 1. The van der Waals surface area contributed by atoms with Crippen LogP contribution >= 0.6 is 22.6 Å². The molecule has 12 heteroatoms. The lowest BCUT2D eigenvalue weighted by molar-refractivity contribution is 0.0168. The number of hydrogen-bond acceptors (Lipinski definition) is 7. The van der Waals surface area contributed by atoms with Crippen molar-refractivity contribution in [1.29, 1.82) is 0 Å². The van der Waals surface area contributed by atoms with Crippen LogP contribution in [-0.4, -0.2) is 54.9 Å². The molecule has 0 aliphatic heterocycles. The number of oxime groups is 1. The average molecular weight is 583 g/mol. The second kappa shape index (κ2) is 12.3. The van der Waals surface area contributed by atoms with Crippen LogP contribution in [0.1, 0.15) is 36.2 Å². The zero-order valence-corrected chi connectivity index (χ0v) is 20.2. The molecule has 1 unspecified atom stereocenters. The number of hydroxylamine groups is 1. The Morgan fingerprint density at radius 2 is 2.06 bits per heavy atom. The Labute approximate surface area is 202 Å². The predicted molar refractivity (Wildman–Crippen MR) is 125 cm³/mol. The van der Waals surface area contributed by atoms with Crippen LogP contribution in [0.15, 0.2) is 32.7 Å². The monoisotopic (exact) mass is 583 g/mol. The zero-order valence-electron chi connectivity index (χ0n) is 18.0. The Morgan fingerprint density at radius 1 is 1.33 bits per heavy atom. The standard InChI is InChI=1S/C21H25F3IN3O5/c1-21(2,10-30)11-33-26-9-12-7-14(20(31)28-32-6-5-29)19(18(24)17(12)23)27-16-4-3-13(25)8-15(16)22/h3-4,7,9,15,27,29-30H,5-6,8,10-11H2,1-2H3,(H,28,31)/b26-9+. The highest BCUT2D eigenvalue weighted by Crippen LogP contribution is 2.31. The summed E-state index contributed by atoms with van der Waals surface area (Å²) in [4.78, 5) is 22.3. The number of hydrogen-bond donors (Lipinski definition) is 4. The van der Waals surface area contributed by atoms with E-state index in [1.54, 1.807) is 19.9 Å². The number of rotatable bonds is 11. The van der Waals surface area contributed by atoms with E-state index in [0.717, 1.165) is 15.9 Å². The molecule has 0 fully saturated rings. The summed E-state index contributed by atoms with van der Waals surface area (Å²) in [6.07, 6.45) is 2.42. The molecule has 1 aliphatic carbocycles. The van der Waals surface area contributed by atoms with Gasteiger partial charge >= 0.3 is 0 Å². The minimum Gasteiger partial charge on any atom is -0.396 e. The van der Waals surface area contributed by atoms with Crippen LogP contribution in [0.25, 0.3) is 0 Å².